The van der Waals surface area contributed by atoms with Crippen molar-refractivity contribution in [2.45, 2.75) is 25.7 Å². The van der Waals surface area contributed by atoms with E-state index in [1.807, 2.05) is 13.8 Å². The van der Waals surface area contributed by atoms with Gasteiger partial charge in [-0.1, -0.05) is 0 Å². The molecule has 3 nitrogen and oxygen atoms in total. The summed E-state index contributed by atoms with van der Waals surface area (Å²) in [6.45, 7) is 5.18. The number of rotatable bonds is 3. The summed E-state index contributed by atoms with van der Waals surface area (Å²) in [7, 11) is 0. The summed E-state index contributed by atoms with van der Waals surface area (Å²) < 4.78 is 17.0. The van der Waals surface area contributed by atoms with Crippen LogP contribution >= 0.6 is 0 Å². The molecule has 64 valence electrons. The molecule has 0 aromatic heterocycles. The molecule has 1 aliphatic heterocycles. The standard InChI is InChI=1S/C7H13O3.Sn.H/c1-7(2)9-5-6(10-7)4-8-3;;/h6H,3-5H2,1-2H3;;. The van der Waals surface area contributed by atoms with Gasteiger partial charge in [0, 0.05) is 0 Å². The first-order valence-corrected chi connectivity index (χ1v) is 6.07. The van der Waals surface area contributed by atoms with Crippen LogP contribution in [0.4, 0.5) is 0 Å². The summed E-state index contributed by atoms with van der Waals surface area (Å²) in [4.78, 5) is 0. The molecule has 0 aromatic carbocycles. The van der Waals surface area contributed by atoms with Gasteiger partial charge >= 0.3 is 80.3 Å². The molecule has 1 saturated heterocycles. The van der Waals surface area contributed by atoms with Gasteiger partial charge in [-0.2, -0.15) is 0 Å². The van der Waals surface area contributed by atoms with Crippen LogP contribution in [-0.4, -0.2) is 52.3 Å². The molecular formula is C7H14O3Sn. The fourth-order valence-corrected chi connectivity index (χ4v) is 1.43. The zero-order valence-electron chi connectivity index (χ0n) is 7.00. The first-order valence-electron chi connectivity index (χ1n) is 3.73. The Kier molecular flexibility index (Phi) is 3.61. The van der Waals surface area contributed by atoms with Crippen LogP contribution < -0.4 is 0 Å². The zero-order valence-corrected chi connectivity index (χ0v) is 10.3. The third-order valence-corrected chi connectivity index (χ3v) is 2.16. The molecule has 1 rings (SSSR count). The molecule has 11 heavy (non-hydrogen) atoms. The van der Waals surface area contributed by atoms with E-state index in [2.05, 4.69) is 0 Å². The maximum absolute atomic E-state index is 5.52. The van der Waals surface area contributed by atoms with E-state index in [-0.39, 0.29) is 6.10 Å². The van der Waals surface area contributed by atoms with Crippen molar-refractivity contribution in [2.75, 3.05) is 17.8 Å². The summed E-state index contributed by atoms with van der Waals surface area (Å²) in [5, 5.41) is 0. The Morgan fingerprint density at radius 3 is 2.82 bits per heavy atom. The van der Waals surface area contributed by atoms with Crippen molar-refractivity contribution in [3.63, 3.8) is 0 Å². The molecule has 0 aromatic rings. The Morgan fingerprint density at radius 1 is 1.64 bits per heavy atom. The second kappa shape index (κ2) is 4.07. The van der Waals surface area contributed by atoms with Crippen molar-refractivity contribution in [3.05, 3.63) is 0 Å². The van der Waals surface area contributed by atoms with E-state index in [0.29, 0.717) is 13.2 Å². The minimum atomic E-state index is -0.404. The Balaban J connectivity index is 2.20. The van der Waals surface area contributed by atoms with Crippen LogP contribution in [0.2, 0.25) is 0 Å². The van der Waals surface area contributed by atoms with Crippen LogP contribution in [0.15, 0.2) is 0 Å². The molecule has 0 bridgehead atoms. The summed E-state index contributed by atoms with van der Waals surface area (Å²) >= 11 is 1.15. The fraction of sp³-hybridized carbons (Fsp3) is 1.00. The molecular weight excluding hydrogens is 251 g/mol. The molecule has 0 spiro atoms. The molecule has 2 radical (unpaired) electrons. The first-order chi connectivity index (χ1) is 5.14. The van der Waals surface area contributed by atoms with Crippen LogP contribution in [0.5, 0.6) is 0 Å². The van der Waals surface area contributed by atoms with Gasteiger partial charge in [0.1, 0.15) is 0 Å². The molecule has 4 heteroatoms. The first kappa shape index (κ1) is 9.76. The van der Waals surface area contributed by atoms with Gasteiger partial charge in [-0.25, -0.2) is 0 Å². The van der Waals surface area contributed by atoms with Gasteiger partial charge in [0.25, 0.3) is 0 Å². The summed E-state index contributed by atoms with van der Waals surface area (Å²) in [5.74, 6) is -0.404. The zero-order chi connectivity index (χ0) is 8.32. The van der Waals surface area contributed by atoms with Crippen LogP contribution in [0.3, 0.4) is 0 Å². The van der Waals surface area contributed by atoms with Gasteiger partial charge in [-0.05, 0) is 0 Å². The summed E-state index contributed by atoms with van der Waals surface area (Å²) in [6.07, 6.45) is 0.136. The number of ether oxygens (including phenoxy) is 3. The maximum atomic E-state index is 5.52. The molecule has 0 saturated carbocycles. The van der Waals surface area contributed by atoms with Gasteiger partial charge in [0.05, 0.1) is 0 Å². The second-order valence-corrected chi connectivity index (χ2v) is 3.94. The quantitative estimate of drug-likeness (QED) is 0.673. The fourth-order valence-electron chi connectivity index (χ4n) is 1.04. The van der Waals surface area contributed by atoms with Gasteiger partial charge in [0.15, 0.2) is 0 Å². The van der Waals surface area contributed by atoms with E-state index in [1.54, 1.807) is 0 Å². The van der Waals surface area contributed by atoms with E-state index < -0.39 is 5.79 Å². The summed E-state index contributed by atoms with van der Waals surface area (Å²) in [5.41, 5.74) is 0. The van der Waals surface area contributed by atoms with Crippen molar-refractivity contribution in [1.29, 1.82) is 0 Å². The van der Waals surface area contributed by atoms with Crippen molar-refractivity contribution in [2.24, 2.45) is 0 Å². The topological polar surface area (TPSA) is 27.7 Å². The van der Waals surface area contributed by atoms with E-state index in [1.165, 1.54) is 0 Å². The summed E-state index contributed by atoms with van der Waals surface area (Å²) in [6, 6.07) is 0. The van der Waals surface area contributed by atoms with Crippen LogP contribution in [-0.2, 0) is 14.2 Å². The SMILES string of the molecule is CC1(C)OCC(CO[CH2][SnH])O1. The van der Waals surface area contributed by atoms with Gasteiger partial charge in [-0.15, -0.1) is 0 Å². The van der Waals surface area contributed by atoms with Crippen LogP contribution in [0, 0.1) is 0 Å². The molecule has 0 aliphatic carbocycles. The molecule has 1 atom stereocenters. The minimum absolute atomic E-state index is 0.136. The Bertz CT molecular complexity index is 127. The van der Waals surface area contributed by atoms with Crippen molar-refractivity contribution >= 4 is 22.5 Å². The van der Waals surface area contributed by atoms with Crippen molar-refractivity contribution in [3.8, 4) is 0 Å². The predicted molar refractivity (Wildman–Crippen MR) is 42.9 cm³/mol. The van der Waals surface area contributed by atoms with Gasteiger partial charge in [0.2, 0.25) is 0 Å². The van der Waals surface area contributed by atoms with E-state index in [0.717, 1.165) is 27.1 Å². The number of hydrogen-bond acceptors (Lipinski definition) is 3. The van der Waals surface area contributed by atoms with Crippen molar-refractivity contribution in [1.82, 2.24) is 0 Å². The molecule has 1 aliphatic rings. The molecule has 1 fully saturated rings. The monoisotopic (exact) mass is 266 g/mol. The predicted octanol–water partition coefficient (Wildman–Crippen LogP) is 0.0128. The molecule has 0 N–H and O–H groups in total. The van der Waals surface area contributed by atoms with Crippen molar-refractivity contribution < 1.29 is 14.2 Å². The average molecular weight is 265 g/mol. The Labute approximate surface area is 80.5 Å². The third kappa shape index (κ3) is 3.27. The Hall–Kier alpha value is 0.679. The Morgan fingerprint density at radius 2 is 2.36 bits per heavy atom. The van der Waals surface area contributed by atoms with E-state index in [4.69, 9.17) is 14.2 Å². The molecule has 1 heterocycles. The second-order valence-electron chi connectivity index (χ2n) is 2.99. The number of hydrogen-bond donors (Lipinski definition) is 0. The molecule has 0 amide bonds. The van der Waals surface area contributed by atoms with E-state index in [9.17, 15) is 0 Å². The average Bonchev–Trinajstić information content (AvgIpc) is 2.26. The van der Waals surface area contributed by atoms with Crippen LogP contribution in [0.25, 0.3) is 0 Å². The van der Waals surface area contributed by atoms with Gasteiger partial charge < -0.3 is 0 Å². The van der Waals surface area contributed by atoms with Crippen LogP contribution in [0.1, 0.15) is 13.8 Å². The third-order valence-electron chi connectivity index (χ3n) is 1.49. The molecule has 1 unspecified atom stereocenters. The van der Waals surface area contributed by atoms with Gasteiger partial charge in [-0.3, -0.25) is 0 Å². The van der Waals surface area contributed by atoms with E-state index >= 15 is 0 Å². The normalized spacial score (nSPS) is 29.2.